The highest BCUT2D eigenvalue weighted by Crippen LogP contribution is 2.10. The van der Waals surface area contributed by atoms with Gasteiger partial charge in [-0.1, -0.05) is 6.92 Å². The van der Waals surface area contributed by atoms with Crippen LogP contribution in [0.25, 0.3) is 0 Å². The smallest absolute Gasteiger partial charge is 0.299 e. The Morgan fingerprint density at radius 1 is 1.17 bits per heavy atom. The first-order valence-electron chi connectivity index (χ1n) is 5.81. The van der Waals surface area contributed by atoms with Crippen LogP contribution in [0.2, 0.25) is 0 Å². The van der Waals surface area contributed by atoms with Crippen molar-refractivity contribution in [3.05, 3.63) is 58.3 Å². The fourth-order valence-electron chi connectivity index (χ4n) is 1.83. The predicted molar refractivity (Wildman–Crippen MR) is 64.4 cm³/mol. The summed E-state index contributed by atoms with van der Waals surface area (Å²) >= 11 is 0. The fourth-order valence-corrected chi connectivity index (χ4v) is 1.83. The number of hydrogen-bond donors (Lipinski definition) is 0. The summed E-state index contributed by atoms with van der Waals surface area (Å²) in [4.78, 5) is 11.9. The Balaban J connectivity index is 2.29. The monoisotopic (exact) mass is 252 g/mol. The molecule has 0 aliphatic rings. The summed E-state index contributed by atoms with van der Waals surface area (Å²) in [6.45, 7) is 2.63. The summed E-state index contributed by atoms with van der Waals surface area (Å²) in [7, 11) is 0. The Hall–Kier alpha value is -1.91. The molecule has 0 aliphatic carbocycles. The van der Waals surface area contributed by atoms with Crippen molar-refractivity contribution in [2.45, 2.75) is 26.4 Å². The average molecular weight is 252 g/mol. The summed E-state index contributed by atoms with van der Waals surface area (Å²) in [6.07, 6.45) is 4.09. The zero-order valence-electron chi connectivity index (χ0n) is 10.1. The number of nitrogens with zero attached hydrogens (tertiary/aromatic N) is 2. The van der Waals surface area contributed by atoms with Crippen molar-refractivity contribution in [2.75, 3.05) is 0 Å². The van der Waals surface area contributed by atoms with Gasteiger partial charge in [-0.15, -0.1) is 0 Å². The van der Waals surface area contributed by atoms with Crippen molar-refractivity contribution >= 4 is 0 Å². The lowest BCUT2D eigenvalue weighted by Crippen LogP contribution is -2.24. The molecule has 0 fully saturated rings. The zero-order chi connectivity index (χ0) is 13.1. The molecule has 1 heterocycles. The van der Waals surface area contributed by atoms with Crippen molar-refractivity contribution in [3.63, 3.8) is 0 Å². The molecule has 0 N–H and O–H groups in total. The summed E-state index contributed by atoms with van der Waals surface area (Å²) in [5, 5.41) is 0. The van der Waals surface area contributed by atoms with Crippen LogP contribution in [0.1, 0.15) is 18.9 Å². The van der Waals surface area contributed by atoms with Crippen LogP contribution < -0.4 is 5.69 Å². The molecule has 5 heteroatoms. The van der Waals surface area contributed by atoms with E-state index in [-0.39, 0.29) is 17.8 Å². The molecule has 96 valence electrons. The van der Waals surface area contributed by atoms with Crippen LogP contribution in [-0.4, -0.2) is 9.13 Å². The van der Waals surface area contributed by atoms with Crippen molar-refractivity contribution < 1.29 is 8.78 Å². The van der Waals surface area contributed by atoms with Crippen LogP contribution in [0.3, 0.4) is 0 Å². The SMILES string of the molecule is CCCn1ccn(Cc2cc(F)ccc2F)c1=O. The lowest BCUT2D eigenvalue weighted by atomic mass is 10.2. The Kier molecular flexibility index (Phi) is 3.60. The van der Waals surface area contributed by atoms with E-state index in [9.17, 15) is 13.6 Å². The highest BCUT2D eigenvalue weighted by Gasteiger charge is 2.08. The van der Waals surface area contributed by atoms with E-state index in [2.05, 4.69) is 0 Å². The maximum Gasteiger partial charge on any atom is 0.328 e. The highest BCUT2D eigenvalue weighted by atomic mass is 19.1. The quantitative estimate of drug-likeness (QED) is 0.820. The van der Waals surface area contributed by atoms with Gasteiger partial charge in [-0.2, -0.15) is 0 Å². The van der Waals surface area contributed by atoms with E-state index < -0.39 is 11.6 Å². The van der Waals surface area contributed by atoms with Gasteiger partial charge in [0.2, 0.25) is 0 Å². The number of hydrogen-bond acceptors (Lipinski definition) is 1. The van der Waals surface area contributed by atoms with Gasteiger partial charge >= 0.3 is 5.69 Å². The lowest BCUT2D eigenvalue weighted by molar-refractivity contribution is 0.568. The standard InChI is InChI=1S/C13H14F2N2O/c1-2-5-16-6-7-17(13(16)18)9-10-8-11(14)3-4-12(10)15/h3-4,6-8H,2,5,9H2,1H3. The molecule has 1 aromatic heterocycles. The molecule has 0 aliphatic heterocycles. The number of aromatic nitrogens is 2. The molecule has 2 rings (SSSR count). The van der Waals surface area contributed by atoms with Gasteiger partial charge in [0, 0.05) is 24.5 Å². The molecule has 0 unspecified atom stereocenters. The van der Waals surface area contributed by atoms with E-state index in [1.165, 1.54) is 4.57 Å². The first-order chi connectivity index (χ1) is 8.61. The third-order valence-corrected chi connectivity index (χ3v) is 2.73. The maximum atomic E-state index is 13.5. The zero-order valence-corrected chi connectivity index (χ0v) is 10.1. The highest BCUT2D eigenvalue weighted by molar-refractivity contribution is 5.19. The van der Waals surface area contributed by atoms with Crippen LogP contribution >= 0.6 is 0 Å². The van der Waals surface area contributed by atoms with E-state index in [1.54, 1.807) is 17.0 Å². The molecular weight excluding hydrogens is 238 g/mol. The number of rotatable bonds is 4. The molecule has 1 aromatic carbocycles. The van der Waals surface area contributed by atoms with Gasteiger partial charge in [0.05, 0.1) is 6.54 Å². The van der Waals surface area contributed by atoms with Crippen LogP contribution in [0.5, 0.6) is 0 Å². The van der Waals surface area contributed by atoms with Gasteiger partial charge in [0.25, 0.3) is 0 Å². The molecule has 0 spiro atoms. The Labute approximate surface area is 103 Å². The fraction of sp³-hybridized carbons (Fsp3) is 0.308. The third-order valence-electron chi connectivity index (χ3n) is 2.73. The normalized spacial score (nSPS) is 10.8. The summed E-state index contributed by atoms with van der Waals surface area (Å²) < 4.78 is 29.4. The first kappa shape index (κ1) is 12.5. The van der Waals surface area contributed by atoms with Gasteiger partial charge < -0.3 is 0 Å². The molecule has 2 aromatic rings. The van der Waals surface area contributed by atoms with Crippen LogP contribution in [0.15, 0.2) is 35.4 Å². The summed E-state index contributed by atoms with van der Waals surface area (Å²) in [5.74, 6) is -1.01. The van der Waals surface area contributed by atoms with Crippen molar-refractivity contribution in [2.24, 2.45) is 0 Å². The topological polar surface area (TPSA) is 26.9 Å². The predicted octanol–water partition coefficient (Wildman–Crippen LogP) is 2.39. The molecule has 0 bridgehead atoms. The molecule has 3 nitrogen and oxygen atoms in total. The second kappa shape index (κ2) is 5.16. The molecule has 0 radical (unpaired) electrons. The molecular formula is C13H14F2N2O. The number of aryl methyl sites for hydroxylation is 1. The van der Waals surface area contributed by atoms with Gasteiger partial charge in [0.1, 0.15) is 11.6 Å². The van der Waals surface area contributed by atoms with E-state index in [4.69, 9.17) is 0 Å². The van der Waals surface area contributed by atoms with Crippen LogP contribution in [0.4, 0.5) is 8.78 Å². The first-order valence-corrected chi connectivity index (χ1v) is 5.81. The van der Waals surface area contributed by atoms with Gasteiger partial charge in [-0.25, -0.2) is 13.6 Å². The van der Waals surface area contributed by atoms with Crippen LogP contribution in [-0.2, 0) is 13.1 Å². The molecule has 0 saturated carbocycles. The second-order valence-electron chi connectivity index (χ2n) is 4.14. The average Bonchev–Trinajstić information content (AvgIpc) is 2.67. The minimum Gasteiger partial charge on any atom is -0.299 e. The largest absolute Gasteiger partial charge is 0.328 e. The van der Waals surface area contributed by atoms with E-state index in [0.29, 0.717) is 6.54 Å². The van der Waals surface area contributed by atoms with E-state index in [0.717, 1.165) is 24.6 Å². The van der Waals surface area contributed by atoms with Crippen LogP contribution in [0, 0.1) is 11.6 Å². The van der Waals surface area contributed by atoms with Gasteiger partial charge in [0.15, 0.2) is 0 Å². The number of halogens is 2. The third kappa shape index (κ3) is 2.50. The van der Waals surface area contributed by atoms with E-state index >= 15 is 0 Å². The lowest BCUT2D eigenvalue weighted by Gasteiger charge is -2.04. The summed E-state index contributed by atoms with van der Waals surface area (Å²) in [5.41, 5.74) is -0.0353. The number of benzene rings is 1. The Morgan fingerprint density at radius 3 is 2.61 bits per heavy atom. The minimum absolute atomic E-state index is 0.0408. The van der Waals surface area contributed by atoms with E-state index in [1.807, 2.05) is 6.92 Å². The minimum atomic E-state index is -0.508. The molecule has 0 amide bonds. The van der Waals surface area contributed by atoms with Crippen molar-refractivity contribution in [3.8, 4) is 0 Å². The Morgan fingerprint density at radius 2 is 1.89 bits per heavy atom. The second-order valence-corrected chi connectivity index (χ2v) is 4.14. The van der Waals surface area contributed by atoms with Gasteiger partial charge in [-0.05, 0) is 24.6 Å². The summed E-state index contributed by atoms with van der Waals surface area (Å²) in [6, 6.07) is 3.24. The molecule has 0 saturated heterocycles. The molecule has 0 atom stereocenters. The van der Waals surface area contributed by atoms with Gasteiger partial charge in [-0.3, -0.25) is 9.13 Å². The Bertz CT molecular complexity index is 601. The molecule has 18 heavy (non-hydrogen) atoms. The number of imidazole rings is 1. The van der Waals surface area contributed by atoms with Crippen molar-refractivity contribution in [1.29, 1.82) is 0 Å². The van der Waals surface area contributed by atoms with Crippen molar-refractivity contribution in [1.82, 2.24) is 9.13 Å². The maximum absolute atomic E-state index is 13.5.